The third-order valence-corrected chi connectivity index (χ3v) is 5.41. The number of thiophene rings is 1. The molecule has 6 heteroatoms. The summed E-state index contributed by atoms with van der Waals surface area (Å²) in [6.45, 7) is 0. The summed E-state index contributed by atoms with van der Waals surface area (Å²) in [5, 5.41) is 1.13. The predicted molar refractivity (Wildman–Crippen MR) is 79.6 cm³/mol. The van der Waals surface area contributed by atoms with Crippen molar-refractivity contribution in [1.29, 1.82) is 0 Å². The number of rotatable bonds is 2. The third-order valence-electron chi connectivity index (χ3n) is 2.04. The van der Waals surface area contributed by atoms with Crippen LogP contribution in [-0.2, 0) is 0 Å². The Morgan fingerprint density at radius 3 is 2.41 bits per heavy atom. The lowest BCUT2D eigenvalue weighted by molar-refractivity contribution is 0.104. The second-order valence-corrected chi connectivity index (χ2v) is 7.25. The van der Waals surface area contributed by atoms with Crippen molar-refractivity contribution in [2.75, 3.05) is 0 Å². The van der Waals surface area contributed by atoms with E-state index >= 15 is 0 Å². The minimum absolute atomic E-state index is 0.0776. The van der Waals surface area contributed by atoms with Crippen LogP contribution in [0.5, 0.6) is 0 Å². The summed E-state index contributed by atoms with van der Waals surface area (Å²) in [5.41, 5.74) is 0.569. The Balaban J connectivity index is 2.43. The number of ketones is 1. The molecule has 0 atom stereocenters. The quantitative estimate of drug-likeness (QED) is 0.566. The molecular formula is C11H4Br2Cl2OS. The lowest BCUT2D eigenvalue weighted by Crippen LogP contribution is -1.99. The first kappa shape index (κ1) is 13.6. The van der Waals surface area contributed by atoms with Gasteiger partial charge in [0.2, 0.25) is 5.78 Å². The number of hydrogen-bond donors (Lipinski definition) is 0. The largest absolute Gasteiger partial charge is 0.288 e. The number of carbonyl (C=O) groups is 1. The van der Waals surface area contributed by atoms with Crippen molar-refractivity contribution in [3.63, 3.8) is 0 Å². The molecule has 1 aromatic carbocycles. The van der Waals surface area contributed by atoms with E-state index in [1.54, 1.807) is 24.3 Å². The van der Waals surface area contributed by atoms with Crippen LogP contribution in [0.25, 0.3) is 0 Å². The highest BCUT2D eigenvalue weighted by atomic mass is 79.9. The molecule has 88 valence electrons. The normalized spacial score (nSPS) is 10.6. The van der Waals surface area contributed by atoms with Crippen molar-refractivity contribution >= 4 is 72.2 Å². The first-order valence-corrected chi connectivity index (χ1v) is 7.59. The molecule has 0 aliphatic heterocycles. The number of halogens is 4. The maximum atomic E-state index is 12.2. The molecule has 0 fully saturated rings. The Kier molecular flexibility index (Phi) is 4.31. The van der Waals surface area contributed by atoms with Gasteiger partial charge in [-0.15, -0.1) is 11.3 Å². The summed E-state index contributed by atoms with van der Waals surface area (Å²) in [6.07, 6.45) is 0. The minimum atomic E-state index is -0.0776. The van der Waals surface area contributed by atoms with Gasteiger partial charge in [-0.25, -0.2) is 0 Å². The molecule has 0 unspecified atom stereocenters. The molecule has 1 nitrogen and oxygen atoms in total. The zero-order chi connectivity index (χ0) is 12.6. The third kappa shape index (κ3) is 2.93. The molecule has 1 heterocycles. The predicted octanol–water partition coefficient (Wildman–Crippen LogP) is 5.81. The van der Waals surface area contributed by atoms with Crippen molar-refractivity contribution in [3.8, 4) is 0 Å². The molecule has 1 aromatic heterocycles. The van der Waals surface area contributed by atoms with Crippen molar-refractivity contribution in [2.24, 2.45) is 0 Å². The van der Waals surface area contributed by atoms with Gasteiger partial charge in [-0.05, 0) is 56.1 Å². The van der Waals surface area contributed by atoms with Crippen LogP contribution in [0.15, 0.2) is 32.5 Å². The van der Waals surface area contributed by atoms with Gasteiger partial charge in [0.1, 0.15) is 0 Å². The smallest absolute Gasteiger partial charge is 0.204 e. The Morgan fingerprint density at radius 2 is 1.88 bits per heavy atom. The second kappa shape index (κ2) is 5.41. The van der Waals surface area contributed by atoms with Gasteiger partial charge in [-0.1, -0.05) is 23.2 Å². The van der Waals surface area contributed by atoms with Crippen LogP contribution in [0.4, 0.5) is 0 Å². The number of carbonyl (C=O) groups excluding carboxylic acids is 1. The van der Waals surface area contributed by atoms with Crippen molar-refractivity contribution < 1.29 is 4.79 Å². The van der Waals surface area contributed by atoms with Crippen LogP contribution >= 0.6 is 66.4 Å². The van der Waals surface area contributed by atoms with Crippen LogP contribution < -0.4 is 0 Å². The van der Waals surface area contributed by atoms with Crippen LogP contribution in [0.3, 0.4) is 0 Å². The molecule has 2 aromatic rings. The molecule has 0 spiro atoms. The fourth-order valence-corrected chi connectivity index (χ4v) is 3.78. The molecule has 0 aliphatic rings. The molecule has 2 rings (SSSR count). The van der Waals surface area contributed by atoms with E-state index in [-0.39, 0.29) is 5.78 Å². The molecule has 0 amide bonds. The Morgan fingerprint density at radius 1 is 1.18 bits per heavy atom. The first-order valence-electron chi connectivity index (χ1n) is 4.43. The highest BCUT2D eigenvalue weighted by molar-refractivity contribution is 9.11. The number of benzene rings is 1. The second-order valence-electron chi connectivity index (χ2n) is 3.19. The molecule has 17 heavy (non-hydrogen) atoms. The van der Waals surface area contributed by atoms with Crippen LogP contribution in [-0.4, -0.2) is 5.78 Å². The van der Waals surface area contributed by atoms with E-state index in [2.05, 4.69) is 31.9 Å². The standard InChI is InChI=1S/C11H4Br2Cl2OS/c12-7-3-5(14)1-2-6(7)10(16)9-4-8(15)11(13)17-9/h1-4H. The van der Waals surface area contributed by atoms with E-state index in [0.717, 1.165) is 3.79 Å². The van der Waals surface area contributed by atoms with Gasteiger partial charge in [0.05, 0.1) is 13.7 Å². The number of hydrogen-bond acceptors (Lipinski definition) is 2. The van der Waals surface area contributed by atoms with E-state index in [1.807, 2.05) is 0 Å². The van der Waals surface area contributed by atoms with Crippen LogP contribution in [0, 0.1) is 0 Å². The Hall–Kier alpha value is 0.130. The minimum Gasteiger partial charge on any atom is -0.288 e. The monoisotopic (exact) mass is 412 g/mol. The summed E-state index contributed by atoms with van der Waals surface area (Å²) in [6, 6.07) is 6.72. The van der Waals surface area contributed by atoms with Gasteiger partial charge < -0.3 is 0 Å². The maximum absolute atomic E-state index is 12.2. The molecule has 0 N–H and O–H groups in total. The fraction of sp³-hybridized carbons (Fsp3) is 0. The maximum Gasteiger partial charge on any atom is 0.204 e. The van der Waals surface area contributed by atoms with Gasteiger partial charge in [0, 0.05) is 15.1 Å². The molecular weight excluding hydrogens is 411 g/mol. The van der Waals surface area contributed by atoms with Gasteiger partial charge in [0.15, 0.2) is 0 Å². The Labute approximate surface area is 129 Å². The summed E-state index contributed by atoms with van der Waals surface area (Å²) in [5.74, 6) is -0.0776. The lowest BCUT2D eigenvalue weighted by atomic mass is 10.1. The molecule has 0 saturated carbocycles. The van der Waals surface area contributed by atoms with E-state index in [0.29, 0.717) is 25.0 Å². The molecule has 0 radical (unpaired) electrons. The lowest BCUT2D eigenvalue weighted by Gasteiger charge is -2.01. The zero-order valence-corrected chi connectivity index (χ0v) is 13.6. The topological polar surface area (TPSA) is 17.1 Å². The SMILES string of the molecule is O=C(c1cc(Cl)c(Br)s1)c1ccc(Cl)cc1Br. The highest BCUT2D eigenvalue weighted by Gasteiger charge is 2.16. The van der Waals surface area contributed by atoms with Gasteiger partial charge in [-0.3, -0.25) is 4.79 Å². The van der Waals surface area contributed by atoms with E-state index in [1.165, 1.54) is 11.3 Å². The summed E-state index contributed by atoms with van der Waals surface area (Å²) in [7, 11) is 0. The molecule has 0 saturated heterocycles. The zero-order valence-electron chi connectivity index (χ0n) is 8.14. The molecule has 0 bridgehead atoms. The van der Waals surface area contributed by atoms with E-state index < -0.39 is 0 Å². The average molecular weight is 415 g/mol. The highest BCUT2D eigenvalue weighted by Crippen LogP contribution is 2.34. The van der Waals surface area contributed by atoms with Gasteiger partial charge in [-0.2, -0.15) is 0 Å². The van der Waals surface area contributed by atoms with E-state index in [9.17, 15) is 4.79 Å². The van der Waals surface area contributed by atoms with Gasteiger partial charge in [0.25, 0.3) is 0 Å². The van der Waals surface area contributed by atoms with Crippen molar-refractivity contribution in [1.82, 2.24) is 0 Å². The molecule has 0 aliphatic carbocycles. The van der Waals surface area contributed by atoms with Gasteiger partial charge >= 0.3 is 0 Å². The summed E-state index contributed by atoms with van der Waals surface area (Å²) >= 11 is 19.7. The van der Waals surface area contributed by atoms with Crippen molar-refractivity contribution in [2.45, 2.75) is 0 Å². The fourth-order valence-electron chi connectivity index (χ4n) is 1.26. The van der Waals surface area contributed by atoms with E-state index in [4.69, 9.17) is 23.2 Å². The summed E-state index contributed by atoms with van der Waals surface area (Å²) < 4.78 is 1.43. The van der Waals surface area contributed by atoms with Crippen LogP contribution in [0.2, 0.25) is 10.0 Å². The van der Waals surface area contributed by atoms with Crippen LogP contribution in [0.1, 0.15) is 15.2 Å². The average Bonchev–Trinajstić information content (AvgIpc) is 2.58. The first-order chi connectivity index (χ1) is 7.99. The Bertz CT molecular complexity index is 576. The summed E-state index contributed by atoms with van der Waals surface area (Å²) in [4.78, 5) is 12.8. The van der Waals surface area contributed by atoms with Crippen molar-refractivity contribution in [3.05, 3.63) is 53.0 Å².